The van der Waals surface area contributed by atoms with Crippen LogP contribution in [0.5, 0.6) is 5.75 Å². The van der Waals surface area contributed by atoms with Gasteiger partial charge in [-0.1, -0.05) is 22.0 Å². The molecule has 0 aliphatic carbocycles. The number of hydrogen-bond acceptors (Lipinski definition) is 3. The van der Waals surface area contributed by atoms with E-state index in [9.17, 15) is 0 Å². The third-order valence-electron chi connectivity index (χ3n) is 2.83. The Balaban J connectivity index is 2.36. The Kier molecular flexibility index (Phi) is 6.10. The van der Waals surface area contributed by atoms with Gasteiger partial charge in [0.25, 0.3) is 0 Å². The van der Waals surface area contributed by atoms with Crippen molar-refractivity contribution in [2.45, 2.75) is 13.0 Å². The first-order chi connectivity index (χ1) is 9.56. The molecule has 1 atom stereocenters. The van der Waals surface area contributed by atoms with Crippen molar-refractivity contribution in [2.75, 3.05) is 13.7 Å². The molecule has 1 N–H and O–H groups in total. The van der Waals surface area contributed by atoms with Crippen molar-refractivity contribution in [3.63, 3.8) is 0 Å². The molecular weight excluding hydrogens is 470 g/mol. The van der Waals surface area contributed by atoms with Gasteiger partial charge in [-0.2, -0.15) is 0 Å². The van der Waals surface area contributed by atoms with E-state index in [-0.39, 0.29) is 6.04 Å². The second-order valence-electron chi connectivity index (χ2n) is 4.11. The highest BCUT2D eigenvalue weighted by Crippen LogP contribution is 2.39. The maximum Gasteiger partial charge on any atom is 0.120 e. The fourth-order valence-electron chi connectivity index (χ4n) is 1.96. The van der Waals surface area contributed by atoms with Gasteiger partial charge in [-0.3, -0.25) is 0 Å². The molecule has 2 aromatic rings. The van der Waals surface area contributed by atoms with Crippen molar-refractivity contribution in [1.82, 2.24) is 5.32 Å². The van der Waals surface area contributed by atoms with E-state index in [0.29, 0.717) is 6.61 Å². The van der Waals surface area contributed by atoms with Crippen LogP contribution in [0, 0.1) is 0 Å². The number of nitrogens with one attached hydrogen (secondary N) is 1. The number of thiophene rings is 1. The summed E-state index contributed by atoms with van der Waals surface area (Å²) in [5.41, 5.74) is 1.19. The zero-order valence-electron chi connectivity index (χ0n) is 11.0. The molecule has 0 saturated carbocycles. The second kappa shape index (κ2) is 7.40. The summed E-state index contributed by atoms with van der Waals surface area (Å²) in [5.74, 6) is 0.881. The summed E-state index contributed by atoms with van der Waals surface area (Å²) in [7, 11) is 1.97. The molecule has 0 spiro atoms. The molecule has 0 radical (unpaired) electrons. The Labute approximate surface area is 148 Å². The molecule has 6 heteroatoms. The van der Waals surface area contributed by atoms with Gasteiger partial charge in [0.1, 0.15) is 5.75 Å². The second-order valence-corrected chi connectivity index (χ2v) is 8.22. The van der Waals surface area contributed by atoms with Crippen molar-refractivity contribution in [3.05, 3.63) is 47.4 Å². The van der Waals surface area contributed by atoms with Crippen LogP contribution in [0.15, 0.2) is 37.0 Å². The summed E-state index contributed by atoms with van der Waals surface area (Å²) in [5, 5.41) is 3.37. The van der Waals surface area contributed by atoms with Crippen molar-refractivity contribution in [1.29, 1.82) is 0 Å². The van der Waals surface area contributed by atoms with E-state index in [1.165, 1.54) is 10.4 Å². The molecule has 0 fully saturated rings. The minimum absolute atomic E-state index is 0.146. The van der Waals surface area contributed by atoms with Crippen molar-refractivity contribution < 1.29 is 4.74 Å². The first-order valence-corrected chi connectivity index (χ1v) is 9.30. The van der Waals surface area contributed by atoms with Gasteiger partial charge in [0.15, 0.2) is 0 Å². The average Bonchev–Trinajstić information content (AvgIpc) is 2.73. The monoisotopic (exact) mass is 481 g/mol. The number of ether oxygens (including phenoxy) is 1. The highest BCUT2D eigenvalue weighted by atomic mass is 79.9. The summed E-state index contributed by atoms with van der Waals surface area (Å²) in [6.45, 7) is 2.66. The van der Waals surface area contributed by atoms with E-state index >= 15 is 0 Å². The molecule has 0 aliphatic heterocycles. The first-order valence-electron chi connectivity index (χ1n) is 6.11. The largest absolute Gasteiger partial charge is 0.494 e. The lowest BCUT2D eigenvalue weighted by atomic mass is 10.1. The van der Waals surface area contributed by atoms with Gasteiger partial charge in [0.05, 0.1) is 16.4 Å². The molecular formula is C14H14Br3NOS. The van der Waals surface area contributed by atoms with Crippen LogP contribution in [-0.2, 0) is 0 Å². The minimum Gasteiger partial charge on any atom is -0.494 e. The molecule has 1 heterocycles. The third-order valence-corrected chi connectivity index (χ3v) is 6.84. The number of rotatable bonds is 5. The van der Waals surface area contributed by atoms with Gasteiger partial charge in [0, 0.05) is 13.8 Å². The lowest BCUT2D eigenvalue weighted by Crippen LogP contribution is -2.17. The molecule has 20 heavy (non-hydrogen) atoms. The Morgan fingerprint density at radius 3 is 2.45 bits per heavy atom. The number of benzene rings is 1. The Hall–Kier alpha value is 0.120. The summed E-state index contributed by atoms with van der Waals surface area (Å²) in [6, 6.07) is 8.40. The highest BCUT2D eigenvalue weighted by molar-refractivity contribution is 9.13. The van der Waals surface area contributed by atoms with Gasteiger partial charge in [0.2, 0.25) is 0 Å². The van der Waals surface area contributed by atoms with Crippen molar-refractivity contribution in [3.8, 4) is 5.75 Å². The topological polar surface area (TPSA) is 21.3 Å². The lowest BCUT2D eigenvalue weighted by molar-refractivity contribution is 0.340. The quantitative estimate of drug-likeness (QED) is 0.585. The van der Waals surface area contributed by atoms with E-state index in [0.717, 1.165) is 18.5 Å². The van der Waals surface area contributed by atoms with Gasteiger partial charge in [-0.15, -0.1) is 11.3 Å². The van der Waals surface area contributed by atoms with Crippen LogP contribution < -0.4 is 10.1 Å². The Bertz CT molecular complexity index is 581. The molecule has 0 amide bonds. The lowest BCUT2D eigenvalue weighted by Gasteiger charge is -2.17. The van der Waals surface area contributed by atoms with Gasteiger partial charge in [-0.05, 0) is 69.6 Å². The number of hydrogen-bond donors (Lipinski definition) is 1. The molecule has 0 saturated heterocycles. The van der Waals surface area contributed by atoms with Gasteiger partial charge < -0.3 is 10.1 Å². The SMILES string of the molecule is CCOc1ccc(C(NC)c2cc(Br)c(Br)s2)c(Br)c1. The van der Waals surface area contributed by atoms with Crippen LogP contribution in [0.3, 0.4) is 0 Å². The minimum atomic E-state index is 0.146. The Morgan fingerprint density at radius 1 is 1.20 bits per heavy atom. The summed E-state index contributed by atoms with van der Waals surface area (Å²) >= 11 is 12.5. The molecule has 2 nitrogen and oxygen atoms in total. The molecule has 0 bridgehead atoms. The van der Waals surface area contributed by atoms with Crippen LogP contribution in [-0.4, -0.2) is 13.7 Å². The normalized spacial score (nSPS) is 12.4. The zero-order valence-corrected chi connectivity index (χ0v) is 16.6. The molecule has 1 aromatic carbocycles. The van der Waals surface area contributed by atoms with E-state index < -0.39 is 0 Å². The van der Waals surface area contributed by atoms with E-state index in [1.54, 1.807) is 11.3 Å². The first kappa shape index (κ1) is 16.5. The molecule has 0 aliphatic rings. The Morgan fingerprint density at radius 2 is 1.95 bits per heavy atom. The summed E-state index contributed by atoms with van der Waals surface area (Å²) < 4.78 is 8.76. The maximum atomic E-state index is 5.52. The van der Waals surface area contributed by atoms with Crippen LogP contribution in [0.25, 0.3) is 0 Å². The molecule has 1 aromatic heterocycles. The van der Waals surface area contributed by atoms with Crippen LogP contribution >= 0.6 is 59.1 Å². The molecule has 108 valence electrons. The smallest absolute Gasteiger partial charge is 0.120 e. The fraction of sp³-hybridized carbons (Fsp3) is 0.286. The fourth-order valence-corrected chi connectivity index (χ4v) is 4.76. The van der Waals surface area contributed by atoms with Crippen molar-refractivity contribution >= 4 is 59.1 Å². The highest BCUT2D eigenvalue weighted by Gasteiger charge is 2.19. The van der Waals surface area contributed by atoms with E-state index in [2.05, 4.69) is 65.2 Å². The van der Waals surface area contributed by atoms with Gasteiger partial charge >= 0.3 is 0 Å². The van der Waals surface area contributed by atoms with Crippen LogP contribution in [0.2, 0.25) is 0 Å². The third kappa shape index (κ3) is 3.65. The van der Waals surface area contributed by atoms with Crippen LogP contribution in [0.1, 0.15) is 23.4 Å². The molecule has 1 unspecified atom stereocenters. The predicted molar refractivity (Wildman–Crippen MR) is 95.9 cm³/mol. The standard InChI is InChI=1S/C14H14Br3NOS/c1-3-19-8-4-5-9(10(15)6-8)13(18-2)12-7-11(16)14(17)20-12/h4-7,13,18H,3H2,1-2H3. The maximum absolute atomic E-state index is 5.52. The summed E-state index contributed by atoms with van der Waals surface area (Å²) in [4.78, 5) is 1.25. The zero-order chi connectivity index (χ0) is 14.7. The van der Waals surface area contributed by atoms with E-state index in [4.69, 9.17) is 4.74 Å². The van der Waals surface area contributed by atoms with E-state index in [1.807, 2.05) is 26.1 Å². The number of halogens is 3. The van der Waals surface area contributed by atoms with Crippen LogP contribution in [0.4, 0.5) is 0 Å². The summed E-state index contributed by atoms with van der Waals surface area (Å²) in [6.07, 6.45) is 0. The predicted octanol–water partition coefficient (Wildman–Crippen LogP) is 5.74. The molecule has 2 rings (SSSR count). The van der Waals surface area contributed by atoms with Crippen molar-refractivity contribution in [2.24, 2.45) is 0 Å². The average molecular weight is 484 g/mol. The van der Waals surface area contributed by atoms with Gasteiger partial charge in [-0.25, -0.2) is 0 Å².